The minimum atomic E-state index is -0.357. The van der Waals surface area contributed by atoms with Gasteiger partial charge < -0.3 is 18.9 Å². The molecular formula is C20H17N5O5. The monoisotopic (exact) mass is 407 g/mol. The van der Waals surface area contributed by atoms with Crippen molar-refractivity contribution in [3.63, 3.8) is 0 Å². The molecule has 2 aromatic heterocycles. The number of aromatic nitrogens is 4. The molecule has 10 nitrogen and oxygen atoms in total. The number of anilines is 2. The zero-order valence-electron chi connectivity index (χ0n) is 16.4. The molecule has 30 heavy (non-hydrogen) atoms. The molecule has 0 radical (unpaired) electrons. The standard InChI is InChI=1S/C20H17N5O5/c1-9-11-6-10(27-2)7-14(28-3)16(11)23-19(21-9)25-20-22-12-4-5-13-17(30-8-29-13)15(12)18(26)24-20/h4-7H,8H2,1-3H3,(H2,21,22,23,24,25,26). The third-order valence-electron chi connectivity index (χ3n) is 4.82. The third-order valence-corrected chi connectivity index (χ3v) is 4.82. The van der Waals surface area contributed by atoms with Crippen LogP contribution < -0.4 is 29.8 Å². The lowest BCUT2D eigenvalue weighted by atomic mass is 10.1. The van der Waals surface area contributed by atoms with Gasteiger partial charge in [0.25, 0.3) is 5.56 Å². The molecule has 0 spiro atoms. The summed E-state index contributed by atoms with van der Waals surface area (Å²) in [6, 6.07) is 7.01. The summed E-state index contributed by atoms with van der Waals surface area (Å²) in [6.45, 7) is 1.93. The molecule has 2 N–H and O–H groups in total. The van der Waals surface area contributed by atoms with Crippen molar-refractivity contribution in [1.82, 2.24) is 19.9 Å². The molecule has 4 aromatic rings. The molecule has 10 heteroatoms. The molecule has 152 valence electrons. The Hall–Kier alpha value is -4.08. The van der Waals surface area contributed by atoms with Crippen molar-refractivity contribution in [3.05, 3.63) is 40.3 Å². The number of hydrogen-bond donors (Lipinski definition) is 2. The van der Waals surface area contributed by atoms with Crippen LogP contribution in [-0.2, 0) is 0 Å². The van der Waals surface area contributed by atoms with Crippen molar-refractivity contribution >= 4 is 33.7 Å². The Morgan fingerprint density at radius 1 is 1.10 bits per heavy atom. The van der Waals surface area contributed by atoms with Gasteiger partial charge in [-0.05, 0) is 25.1 Å². The predicted molar refractivity (Wildman–Crippen MR) is 109 cm³/mol. The molecule has 5 rings (SSSR count). The highest BCUT2D eigenvalue weighted by atomic mass is 16.7. The average Bonchev–Trinajstić information content (AvgIpc) is 3.21. The molecule has 0 aliphatic carbocycles. The van der Waals surface area contributed by atoms with E-state index in [2.05, 4.69) is 25.3 Å². The summed E-state index contributed by atoms with van der Waals surface area (Å²) in [5.41, 5.74) is 1.43. The molecule has 0 saturated heterocycles. The Balaban J connectivity index is 1.59. The highest BCUT2D eigenvalue weighted by Crippen LogP contribution is 2.37. The summed E-state index contributed by atoms with van der Waals surface area (Å²) in [7, 11) is 3.15. The van der Waals surface area contributed by atoms with E-state index in [0.717, 1.165) is 5.39 Å². The maximum atomic E-state index is 12.7. The number of nitrogens with zero attached hydrogens (tertiary/aromatic N) is 3. The Kier molecular flexibility index (Phi) is 4.05. The van der Waals surface area contributed by atoms with Gasteiger partial charge in [-0.25, -0.2) is 15.0 Å². The molecule has 0 unspecified atom stereocenters. The molecule has 3 heterocycles. The van der Waals surface area contributed by atoms with Crippen LogP contribution in [0.2, 0.25) is 0 Å². The van der Waals surface area contributed by atoms with Gasteiger partial charge >= 0.3 is 0 Å². The lowest BCUT2D eigenvalue weighted by molar-refractivity contribution is 0.175. The number of H-pyrrole nitrogens is 1. The molecule has 0 bridgehead atoms. The lowest BCUT2D eigenvalue weighted by Crippen LogP contribution is -2.13. The van der Waals surface area contributed by atoms with E-state index in [1.54, 1.807) is 32.4 Å². The van der Waals surface area contributed by atoms with Gasteiger partial charge in [-0.3, -0.25) is 15.1 Å². The maximum absolute atomic E-state index is 12.7. The Bertz CT molecular complexity index is 1370. The number of rotatable bonds is 4. The quantitative estimate of drug-likeness (QED) is 0.526. The molecular weight excluding hydrogens is 390 g/mol. The van der Waals surface area contributed by atoms with Crippen LogP contribution in [0.1, 0.15) is 5.69 Å². The fraction of sp³-hybridized carbons (Fsp3) is 0.200. The first-order valence-electron chi connectivity index (χ1n) is 9.07. The number of nitrogens with one attached hydrogen (secondary N) is 2. The number of hydrogen-bond acceptors (Lipinski definition) is 9. The molecule has 0 amide bonds. The van der Waals surface area contributed by atoms with Gasteiger partial charge in [0.2, 0.25) is 18.7 Å². The van der Waals surface area contributed by atoms with Crippen molar-refractivity contribution in [2.75, 3.05) is 26.3 Å². The van der Waals surface area contributed by atoms with Gasteiger partial charge in [-0.2, -0.15) is 0 Å². The molecule has 0 fully saturated rings. The second kappa shape index (κ2) is 6.76. The SMILES string of the molecule is COc1cc(OC)c2nc(Nc3nc4ccc5c(c4c(=O)[nH]3)OCO5)nc(C)c2c1. The minimum Gasteiger partial charge on any atom is -0.497 e. The highest BCUT2D eigenvalue weighted by Gasteiger charge is 2.20. The molecule has 2 aromatic carbocycles. The Morgan fingerprint density at radius 3 is 2.77 bits per heavy atom. The van der Waals surface area contributed by atoms with Crippen LogP contribution in [0.4, 0.5) is 11.9 Å². The number of aromatic amines is 1. The fourth-order valence-electron chi connectivity index (χ4n) is 3.41. The molecule has 0 saturated carbocycles. The maximum Gasteiger partial charge on any atom is 0.264 e. The summed E-state index contributed by atoms with van der Waals surface area (Å²) in [4.78, 5) is 28.8. The van der Waals surface area contributed by atoms with Crippen LogP contribution in [0, 0.1) is 6.92 Å². The summed E-state index contributed by atoms with van der Waals surface area (Å²) in [5.74, 6) is 2.58. The van der Waals surface area contributed by atoms with E-state index in [4.69, 9.17) is 18.9 Å². The normalized spacial score (nSPS) is 12.4. The minimum absolute atomic E-state index is 0.0741. The Labute approximate surface area is 169 Å². The second-order valence-electron chi connectivity index (χ2n) is 6.59. The highest BCUT2D eigenvalue weighted by molar-refractivity contribution is 5.90. The van der Waals surface area contributed by atoms with E-state index >= 15 is 0 Å². The van der Waals surface area contributed by atoms with Crippen LogP contribution in [0.3, 0.4) is 0 Å². The zero-order valence-corrected chi connectivity index (χ0v) is 16.4. The first-order valence-corrected chi connectivity index (χ1v) is 9.07. The van der Waals surface area contributed by atoms with E-state index in [1.807, 2.05) is 13.0 Å². The van der Waals surface area contributed by atoms with Crippen LogP contribution in [0.15, 0.2) is 29.1 Å². The summed E-state index contributed by atoms with van der Waals surface area (Å²) < 4.78 is 21.5. The third kappa shape index (κ3) is 2.81. The topological polar surface area (TPSA) is 120 Å². The largest absolute Gasteiger partial charge is 0.497 e. The van der Waals surface area contributed by atoms with Crippen molar-refractivity contribution in [1.29, 1.82) is 0 Å². The second-order valence-corrected chi connectivity index (χ2v) is 6.59. The molecule has 0 atom stereocenters. The summed E-state index contributed by atoms with van der Waals surface area (Å²) in [6.07, 6.45) is 0. The van der Waals surface area contributed by atoms with Crippen molar-refractivity contribution < 1.29 is 18.9 Å². The number of ether oxygens (including phenoxy) is 4. The number of benzene rings is 2. The molecule has 1 aliphatic rings. The molecule has 1 aliphatic heterocycles. The smallest absolute Gasteiger partial charge is 0.264 e. The van der Waals surface area contributed by atoms with Gasteiger partial charge in [-0.15, -0.1) is 0 Å². The van der Waals surface area contributed by atoms with Gasteiger partial charge in [0.1, 0.15) is 22.4 Å². The van der Waals surface area contributed by atoms with E-state index in [-0.39, 0.29) is 24.2 Å². The fourth-order valence-corrected chi connectivity index (χ4v) is 3.41. The van der Waals surface area contributed by atoms with Crippen molar-refractivity contribution in [3.8, 4) is 23.0 Å². The van der Waals surface area contributed by atoms with Crippen LogP contribution in [-0.4, -0.2) is 40.9 Å². The lowest BCUT2D eigenvalue weighted by Gasteiger charge is -2.12. The van der Waals surface area contributed by atoms with E-state index < -0.39 is 0 Å². The number of fused-ring (bicyclic) bond motifs is 4. The summed E-state index contributed by atoms with van der Waals surface area (Å²) in [5, 5.41) is 4.10. The predicted octanol–water partition coefficient (Wildman–Crippen LogP) is 2.66. The first-order chi connectivity index (χ1) is 14.6. The van der Waals surface area contributed by atoms with Gasteiger partial charge in [0.15, 0.2) is 11.5 Å². The summed E-state index contributed by atoms with van der Waals surface area (Å²) >= 11 is 0. The zero-order chi connectivity index (χ0) is 20.8. The van der Waals surface area contributed by atoms with E-state index in [0.29, 0.717) is 45.1 Å². The van der Waals surface area contributed by atoms with Crippen molar-refractivity contribution in [2.45, 2.75) is 6.92 Å². The van der Waals surface area contributed by atoms with Gasteiger partial charge in [-0.1, -0.05) is 0 Å². The first kappa shape index (κ1) is 18.0. The van der Waals surface area contributed by atoms with Crippen LogP contribution >= 0.6 is 0 Å². The van der Waals surface area contributed by atoms with E-state index in [9.17, 15) is 4.79 Å². The van der Waals surface area contributed by atoms with Gasteiger partial charge in [0, 0.05) is 11.5 Å². The van der Waals surface area contributed by atoms with Crippen molar-refractivity contribution in [2.24, 2.45) is 0 Å². The van der Waals surface area contributed by atoms with Crippen LogP contribution in [0.25, 0.3) is 21.8 Å². The van der Waals surface area contributed by atoms with Crippen LogP contribution in [0.5, 0.6) is 23.0 Å². The Morgan fingerprint density at radius 2 is 1.97 bits per heavy atom. The number of methoxy groups -OCH3 is 2. The van der Waals surface area contributed by atoms with Gasteiger partial charge in [0.05, 0.1) is 25.4 Å². The van der Waals surface area contributed by atoms with E-state index in [1.165, 1.54) is 0 Å². The number of aryl methyl sites for hydroxylation is 1. The average molecular weight is 407 g/mol.